The van der Waals surface area contributed by atoms with E-state index in [2.05, 4.69) is 15.3 Å². The Balaban J connectivity index is 2.08. The predicted molar refractivity (Wildman–Crippen MR) is 109 cm³/mol. The van der Waals surface area contributed by atoms with Gasteiger partial charge in [-0.1, -0.05) is 35.5 Å². The zero-order chi connectivity index (χ0) is 20.5. The molecule has 1 unspecified atom stereocenters. The lowest BCUT2D eigenvalue weighted by molar-refractivity contribution is -0.142. The largest absolute Gasteiger partial charge is 0.467 e. The summed E-state index contributed by atoms with van der Waals surface area (Å²) in [5.74, 6) is -0.235. The van der Waals surface area contributed by atoms with Crippen molar-refractivity contribution < 1.29 is 18.7 Å². The molecule has 1 aromatic heterocycles. The minimum atomic E-state index is -0.786. The second-order valence-corrected chi connectivity index (χ2v) is 7.93. The SMILES string of the molecule is COC(=O)C(CCSC)NC(=O)c1nc(SCc2ccc(F)cc2)ncc1Cl. The minimum Gasteiger partial charge on any atom is -0.467 e. The van der Waals surface area contributed by atoms with Gasteiger partial charge in [0.25, 0.3) is 5.91 Å². The highest BCUT2D eigenvalue weighted by Crippen LogP contribution is 2.22. The minimum absolute atomic E-state index is 0.0173. The summed E-state index contributed by atoms with van der Waals surface area (Å²) < 4.78 is 17.7. The Kier molecular flexibility index (Phi) is 9.01. The van der Waals surface area contributed by atoms with Crippen LogP contribution in [0, 0.1) is 5.82 Å². The first-order valence-corrected chi connectivity index (χ1v) is 11.0. The molecule has 2 rings (SSSR count). The van der Waals surface area contributed by atoms with Crippen molar-refractivity contribution in [3.05, 3.63) is 52.6 Å². The van der Waals surface area contributed by atoms with Gasteiger partial charge in [0.15, 0.2) is 10.9 Å². The van der Waals surface area contributed by atoms with Crippen molar-refractivity contribution in [3.8, 4) is 0 Å². The van der Waals surface area contributed by atoms with Crippen LogP contribution < -0.4 is 5.32 Å². The number of nitrogens with zero attached hydrogens (tertiary/aromatic N) is 2. The van der Waals surface area contributed by atoms with Gasteiger partial charge < -0.3 is 10.1 Å². The van der Waals surface area contributed by atoms with E-state index in [1.165, 1.54) is 37.2 Å². The van der Waals surface area contributed by atoms with Crippen molar-refractivity contribution in [2.24, 2.45) is 0 Å². The predicted octanol–water partition coefficient (Wildman–Crippen LogP) is 3.59. The summed E-state index contributed by atoms with van der Waals surface area (Å²) in [4.78, 5) is 32.8. The van der Waals surface area contributed by atoms with Gasteiger partial charge >= 0.3 is 5.97 Å². The first kappa shape index (κ1) is 22.4. The highest BCUT2D eigenvalue weighted by atomic mass is 35.5. The number of methoxy groups -OCH3 is 1. The van der Waals surface area contributed by atoms with Crippen LogP contribution >= 0.6 is 35.1 Å². The Morgan fingerprint density at radius 2 is 2.04 bits per heavy atom. The average Bonchev–Trinajstić information content (AvgIpc) is 2.70. The number of amides is 1. The molecule has 1 N–H and O–H groups in total. The molecule has 0 aliphatic rings. The zero-order valence-corrected chi connectivity index (χ0v) is 17.7. The third-order valence-electron chi connectivity index (χ3n) is 3.62. The Labute approximate surface area is 176 Å². The molecule has 2 aromatic rings. The molecule has 0 spiro atoms. The highest BCUT2D eigenvalue weighted by molar-refractivity contribution is 7.98. The molecule has 28 heavy (non-hydrogen) atoms. The molecule has 1 heterocycles. The molecule has 0 saturated heterocycles. The lowest BCUT2D eigenvalue weighted by Gasteiger charge is -2.16. The van der Waals surface area contributed by atoms with Gasteiger partial charge in [0.2, 0.25) is 0 Å². The van der Waals surface area contributed by atoms with E-state index in [0.717, 1.165) is 5.56 Å². The summed E-state index contributed by atoms with van der Waals surface area (Å²) in [7, 11) is 1.27. The number of halogens is 2. The Morgan fingerprint density at radius 3 is 2.68 bits per heavy atom. The number of aromatic nitrogens is 2. The number of hydrogen-bond donors (Lipinski definition) is 1. The number of carbonyl (C=O) groups excluding carboxylic acids is 2. The standard InChI is InChI=1S/C18H19ClFN3O3S2/c1-26-17(25)14(7-8-27-2)22-16(24)15-13(19)9-21-18(23-15)28-10-11-3-5-12(20)6-4-11/h3-6,9,14H,7-8,10H2,1-2H3,(H,22,24). The van der Waals surface area contributed by atoms with E-state index in [-0.39, 0.29) is 16.5 Å². The fourth-order valence-electron chi connectivity index (χ4n) is 2.16. The van der Waals surface area contributed by atoms with Gasteiger partial charge in [-0.2, -0.15) is 11.8 Å². The van der Waals surface area contributed by atoms with Crippen LogP contribution in [0.25, 0.3) is 0 Å². The lowest BCUT2D eigenvalue weighted by atomic mass is 10.2. The second kappa shape index (κ2) is 11.2. The van der Waals surface area contributed by atoms with E-state index in [0.29, 0.717) is 23.1 Å². The third kappa shape index (κ3) is 6.65. The summed E-state index contributed by atoms with van der Waals surface area (Å²) in [5, 5.41) is 3.04. The molecule has 150 valence electrons. The average molecular weight is 444 g/mol. The fourth-order valence-corrected chi connectivity index (χ4v) is 3.58. The number of nitrogens with one attached hydrogen (secondary N) is 1. The quantitative estimate of drug-likeness (QED) is 0.360. The van der Waals surface area contributed by atoms with Crippen molar-refractivity contribution in [2.75, 3.05) is 19.1 Å². The molecule has 0 radical (unpaired) electrons. The summed E-state index contributed by atoms with van der Waals surface area (Å²) in [6, 6.07) is 5.29. The number of thioether (sulfide) groups is 2. The first-order chi connectivity index (χ1) is 13.4. The Hall–Kier alpha value is -1.84. The van der Waals surface area contributed by atoms with E-state index < -0.39 is 17.9 Å². The number of ether oxygens (including phenoxy) is 1. The van der Waals surface area contributed by atoms with Crippen LogP contribution in [0.5, 0.6) is 0 Å². The molecule has 0 aliphatic heterocycles. The maximum Gasteiger partial charge on any atom is 0.328 e. The van der Waals surface area contributed by atoms with Gasteiger partial charge in [0, 0.05) is 5.75 Å². The van der Waals surface area contributed by atoms with E-state index in [9.17, 15) is 14.0 Å². The van der Waals surface area contributed by atoms with Crippen molar-refractivity contribution in [1.29, 1.82) is 0 Å². The van der Waals surface area contributed by atoms with Crippen LogP contribution in [0.4, 0.5) is 4.39 Å². The fraction of sp³-hybridized carbons (Fsp3) is 0.333. The van der Waals surface area contributed by atoms with E-state index in [4.69, 9.17) is 16.3 Å². The molecule has 1 amide bonds. The molecular weight excluding hydrogens is 425 g/mol. The summed E-state index contributed by atoms with van der Waals surface area (Å²) >= 11 is 8.91. The van der Waals surface area contributed by atoms with Gasteiger partial charge in [-0.05, 0) is 36.1 Å². The van der Waals surface area contributed by atoms with E-state index >= 15 is 0 Å². The van der Waals surface area contributed by atoms with Crippen LogP contribution in [-0.2, 0) is 15.3 Å². The molecule has 0 fully saturated rings. The highest BCUT2D eigenvalue weighted by Gasteiger charge is 2.24. The van der Waals surface area contributed by atoms with Crippen molar-refractivity contribution in [1.82, 2.24) is 15.3 Å². The molecule has 1 atom stereocenters. The van der Waals surface area contributed by atoms with E-state index in [1.807, 2.05) is 6.26 Å². The van der Waals surface area contributed by atoms with Gasteiger partial charge in [0.05, 0.1) is 18.3 Å². The van der Waals surface area contributed by atoms with E-state index in [1.54, 1.807) is 23.9 Å². The summed E-state index contributed by atoms with van der Waals surface area (Å²) in [6.07, 6.45) is 3.67. The molecule has 0 saturated carbocycles. The van der Waals surface area contributed by atoms with Crippen molar-refractivity contribution in [2.45, 2.75) is 23.4 Å². The van der Waals surface area contributed by atoms with Crippen molar-refractivity contribution in [3.63, 3.8) is 0 Å². The van der Waals surface area contributed by atoms with Crippen LogP contribution in [0.3, 0.4) is 0 Å². The number of esters is 1. The molecular formula is C18H19ClFN3O3S2. The maximum atomic E-state index is 13.0. The number of hydrogen-bond acceptors (Lipinski definition) is 7. The monoisotopic (exact) mass is 443 g/mol. The Morgan fingerprint density at radius 1 is 1.32 bits per heavy atom. The molecule has 0 bridgehead atoms. The molecule has 6 nitrogen and oxygen atoms in total. The van der Waals surface area contributed by atoms with Crippen molar-refractivity contribution >= 4 is 47.0 Å². The zero-order valence-electron chi connectivity index (χ0n) is 15.3. The normalized spacial score (nSPS) is 11.7. The summed E-state index contributed by atoms with van der Waals surface area (Å²) in [5.41, 5.74) is 0.870. The number of benzene rings is 1. The molecule has 0 aliphatic carbocycles. The third-order valence-corrected chi connectivity index (χ3v) is 5.47. The van der Waals surface area contributed by atoms with Gasteiger partial charge in [0.1, 0.15) is 11.9 Å². The van der Waals surface area contributed by atoms with Crippen LogP contribution in [0.2, 0.25) is 5.02 Å². The molecule has 10 heteroatoms. The van der Waals surface area contributed by atoms with Crippen LogP contribution in [0.15, 0.2) is 35.6 Å². The van der Waals surface area contributed by atoms with Crippen LogP contribution in [-0.4, -0.2) is 47.0 Å². The number of rotatable bonds is 9. The second-order valence-electron chi connectivity index (χ2n) is 5.59. The van der Waals surface area contributed by atoms with Gasteiger partial charge in [-0.3, -0.25) is 4.79 Å². The first-order valence-electron chi connectivity index (χ1n) is 8.22. The lowest BCUT2D eigenvalue weighted by Crippen LogP contribution is -2.42. The number of carbonyl (C=O) groups is 2. The van der Waals surface area contributed by atoms with Crippen LogP contribution in [0.1, 0.15) is 22.5 Å². The van der Waals surface area contributed by atoms with Gasteiger partial charge in [-0.25, -0.2) is 19.2 Å². The van der Waals surface area contributed by atoms with Gasteiger partial charge in [-0.15, -0.1) is 0 Å². The summed E-state index contributed by atoms with van der Waals surface area (Å²) in [6.45, 7) is 0. The Bertz CT molecular complexity index is 824. The maximum absolute atomic E-state index is 13.0. The molecule has 1 aromatic carbocycles. The topological polar surface area (TPSA) is 81.2 Å². The smallest absolute Gasteiger partial charge is 0.328 e.